The molecule has 0 spiro atoms. The van der Waals surface area contributed by atoms with Crippen molar-refractivity contribution >= 4 is 47.0 Å². The molecule has 4 N–H and O–H groups in total. The average molecular weight is 438 g/mol. The van der Waals surface area contributed by atoms with Crippen LogP contribution in [0.1, 0.15) is 12.5 Å². The van der Waals surface area contributed by atoms with Crippen LogP contribution in [0.15, 0.2) is 90.0 Å². The number of hydrogen-bond donors (Lipinski definition) is 4. The van der Waals surface area contributed by atoms with E-state index >= 15 is 0 Å². The lowest BCUT2D eigenvalue weighted by atomic mass is 10.2. The van der Waals surface area contributed by atoms with Crippen molar-refractivity contribution in [3.63, 3.8) is 0 Å². The van der Waals surface area contributed by atoms with Crippen LogP contribution in [-0.4, -0.2) is 27.1 Å². The Morgan fingerprint density at radius 1 is 0.697 bits per heavy atom. The van der Waals surface area contributed by atoms with Gasteiger partial charge in [-0.05, 0) is 42.0 Å². The SMILES string of the molecule is CC(=O)Nc1ccc(/C=N\Nc2nc(Nc3ccccc3)nc(Nc3ccccc3)n2)cc1. The summed E-state index contributed by atoms with van der Waals surface area (Å²) in [6, 6.07) is 26.5. The molecule has 0 aliphatic heterocycles. The minimum atomic E-state index is -0.118. The Morgan fingerprint density at radius 2 is 1.21 bits per heavy atom. The summed E-state index contributed by atoms with van der Waals surface area (Å²) in [4.78, 5) is 24.4. The van der Waals surface area contributed by atoms with E-state index in [9.17, 15) is 4.79 Å². The van der Waals surface area contributed by atoms with E-state index in [0.29, 0.717) is 11.9 Å². The summed E-state index contributed by atoms with van der Waals surface area (Å²) in [6.45, 7) is 1.47. The maximum atomic E-state index is 11.1. The molecule has 1 amide bonds. The molecule has 3 aromatic carbocycles. The molecule has 0 fully saturated rings. The number of hydrazone groups is 1. The van der Waals surface area contributed by atoms with Crippen molar-refractivity contribution < 1.29 is 4.79 Å². The number of aromatic nitrogens is 3. The second kappa shape index (κ2) is 10.5. The first-order valence-corrected chi connectivity index (χ1v) is 10.2. The van der Waals surface area contributed by atoms with E-state index in [1.165, 1.54) is 6.92 Å². The highest BCUT2D eigenvalue weighted by atomic mass is 16.1. The lowest BCUT2D eigenvalue weighted by molar-refractivity contribution is -0.114. The molecular weight excluding hydrogens is 416 g/mol. The molecule has 0 unspecified atom stereocenters. The van der Waals surface area contributed by atoms with E-state index in [0.717, 1.165) is 22.6 Å². The van der Waals surface area contributed by atoms with Gasteiger partial charge in [-0.2, -0.15) is 20.1 Å². The van der Waals surface area contributed by atoms with Gasteiger partial charge < -0.3 is 16.0 Å². The summed E-state index contributed by atoms with van der Waals surface area (Å²) in [5.41, 5.74) is 6.11. The quantitative estimate of drug-likeness (QED) is 0.231. The third-order valence-corrected chi connectivity index (χ3v) is 4.30. The second-order valence-electron chi connectivity index (χ2n) is 6.96. The van der Waals surface area contributed by atoms with Crippen LogP contribution in [0.3, 0.4) is 0 Å². The number of hydrogen-bond acceptors (Lipinski definition) is 8. The number of nitrogens with one attached hydrogen (secondary N) is 4. The molecule has 0 aliphatic rings. The van der Waals surface area contributed by atoms with Crippen LogP contribution in [0.25, 0.3) is 0 Å². The van der Waals surface area contributed by atoms with E-state index < -0.39 is 0 Å². The van der Waals surface area contributed by atoms with Gasteiger partial charge in [0.2, 0.25) is 23.8 Å². The molecule has 0 atom stereocenters. The first-order valence-electron chi connectivity index (χ1n) is 10.2. The Kier molecular flexibility index (Phi) is 6.82. The lowest BCUT2D eigenvalue weighted by Gasteiger charge is -2.10. The number of benzene rings is 3. The van der Waals surface area contributed by atoms with Crippen molar-refractivity contribution in [3.05, 3.63) is 90.5 Å². The van der Waals surface area contributed by atoms with Gasteiger partial charge in [0.15, 0.2) is 0 Å². The first-order chi connectivity index (χ1) is 16.1. The topological polar surface area (TPSA) is 116 Å². The van der Waals surface area contributed by atoms with Crippen molar-refractivity contribution in [1.29, 1.82) is 0 Å². The van der Waals surface area contributed by atoms with Crippen LogP contribution in [0, 0.1) is 0 Å². The predicted octanol–water partition coefficient (Wildman–Crippen LogP) is 4.76. The van der Waals surface area contributed by atoms with Gasteiger partial charge in [-0.15, -0.1) is 0 Å². The minimum absolute atomic E-state index is 0.118. The molecule has 9 nitrogen and oxygen atoms in total. The maximum Gasteiger partial charge on any atom is 0.250 e. The van der Waals surface area contributed by atoms with E-state index in [1.807, 2.05) is 72.8 Å². The van der Waals surface area contributed by atoms with Crippen LogP contribution in [0.4, 0.5) is 34.9 Å². The number of nitrogens with zero attached hydrogens (tertiary/aromatic N) is 4. The third-order valence-electron chi connectivity index (χ3n) is 4.30. The van der Waals surface area contributed by atoms with Crippen molar-refractivity contribution in [2.75, 3.05) is 21.4 Å². The molecular formula is C24H22N8O. The molecule has 0 saturated heterocycles. The standard InChI is InChI=1S/C24H22N8O/c1-17(33)26-21-14-12-18(13-15-21)16-25-32-24-30-22(27-19-8-4-2-5-9-19)29-23(31-24)28-20-10-6-3-7-11-20/h2-16H,1H3,(H,26,33)(H3,27,28,29,30,31,32)/b25-16-. The van der Waals surface area contributed by atoms with Gasteiger partial charge in [0, 0.05) is 24.0 Å². The molecule has 1 heterocycles. The average Bonchev–Trinajstić information content (AvgIpc) is 2.81. The van der Waals surface area contributed by atoms with Crippen LogP contribution in [0.5, 0.6) is 0 Å². The Bertz CT molecular complexity index is 1170. The molecule has 0 aliphatic carbocycles. The monoisotopic (exact) mass is 438 g/mol. The molecule has 4 aromatic rings. The van der Waals surface area contributed by atoms with Gasteiger partial charge in [0.25, 0.3) is 0 Å². The zero-order chi connectivity index (χ0) is 22.9. The molecule has 9 heteroatoms. The van der Waals surface area contributed by atoms with Crippen LogP contribution < -0.4 is 21.4 Å². The van der Waals surface area contributed by atoms with Gasteiger partial charge in [-0.25, -0.2) is 5.43 Å². The summed E-state index contributed by atoms with van der Waals surface area (Å²) in [7, 11) is 0. The maximum absolute atomic E-state index is 11.1. The van der Waals surface area contributed by atoms with Crippen molar-refractivity contribution in [1.82, 2.24) is 15.0 Å². The Hall–Kier alpha value is -4.79. The minimum Gasteiger partial charge on any atom is -0.326 e. The molecule has 0 bridgehead atoms. The van der Waals surface area contributed by atoms with Crippen LogP contribution >= 0.6 is 0 Å². The number of rotatable bonds is 8. The molecule has 33 heavy (non-hydrogen) atoms. The van der Waals surface area contributed by atoms with E-state index in [1.54, 1.807) is 18.3 Å². The first kappa shape index (κ1) is 21.4. The molecule has 1 aromatic heterocycles. The summed E-state index contributed by atoms with van der Waals surface area (Å²) in [6.07, 6.45) is 1.63. The van der Waals surface area contributed by atoms with Gasteiger partial charge >= 0.3 is 0 Å². The molecule has 164 valence electrons. The normalized spacial score (nSPS) is 10.6. The lowest BCUT2D eigenvalue weighted by Crippen LogP contribution is -2.07. The second-order valence-corrected chi connectivity index (χ2v) is 6.96. The summed E-state index contributed by atoms with van der Waals surface area (Å²) in [5.74, 6) is 0.889. The van der Waals surface area contributed by atoms with E-state index in [2.05, 4.69) is 41.4 Å². The molecule has 0 radical (unpaired) electrons. The smallest absolute Gasteiger partial charge is 0.250 e. The Labute approximate surface area is 191 Å². The summed E-state index contributed by atoms with van der Waals surface area (Å²) < 4.78 is 0. The Morgan fingerprint density at radius 3 is 1.73 bits per heavy atom. The summed E-state index contributed by atoms with van der Waals surface area (Å²) in [5, 5.41) is 13.3. The number of anilines is 6. The predicted molar refractivity (Wildman–Crippen MR) is 131 cm³/mol. The van der Waals surface area contributed by atoms with Gasteiger partial charge in [0.1, 0.15) is 0 Å². The Balaban J connectivity index is 1.51. The van der Waals surface area contributed by atoms with Gasteiger partial charge in [0.05, 0.1) is 6.21 Å². The largest absolute Gasteiger partial charge is 0.326 e. The number of amides is 1. The van der Waals surface area contributed by atoms with E-state index in [4.69, 9.17) is 0 Å². The van der Waals surface area contributed by atoms with Crippen molar-refractivity contribution in [3.8, 4) is 0 Å². The fraction of sp³-hybridized carbons (Fsp3) is 0.0417. The highest BCUT2D eigenvalue weighted by Crippen LogP contribution is 2.18. The molecule has 4 rings (SSSR count). The number of carbonyl (C=O) groups is 1. The fourth-order valence-corrected chi connectivity index (χ4v) is 2.86. The summed E-state index contributed by atoms with van der Waals surface area (Å²) >= 11 is 0. The van der Waals surface area contributed by atoms with Crippen molar-refractivity contribution in [2.45, 2.75) is 6.92 Å². The van der Waals surface area contributed by atoms with Crippen molar-refractivity contribution in [2.24, 2.45) is 5.10 Å². The van der Waals surface area contributed by atoms with Gasteiger partial charge in [-0.1, -0.05) is 48.5 Å². The van der Waals surface area contributed by atoms with Crippen LogP contribution in [0.2, 0.25) is 0 Å². The van der Waals surface area contributed by atoms with E-state index in [-0.39, 0.29) is 11.9 Å². The highest BCUT2D eigenvalue weighted by molar-refractivity contribution is 5.89. The zero-order valence-corrected chi connectivity index (χ0v) is 17.9. The number of para-hydroxylation sites is 2. The molecule has 0 saturated carbocycles. The van der Waals surface area contributed by atoms with Gasteiger partial charge in [-0.3, -0.25) is 4.79 Å². The number of carbonyl (C=O) groups excluding carboxylic acids is 1. The van der Waals surface area contributed by atoms with Crippen LogP contribution in [-0.2, 0) is 4.79 Å². The highest BCUT2D eigenvalue weighted by Gasteiger charge is 2.07. The zero-order valence-electron chi connectivity index (χ0n) is 17.9. The fourth-order valence-electron chi connectivity index (χ4n) is 2.86. The third kappa shape index (κ3) is 6.59.